The molecule has 0 unspecified atom stereocenters. The summed E-state index contributed by atoms with van der Waals surface area (Å²) in [5, 5.41) is 0. The van der Waals surface area contributed by atoms with Gasteiger partial charge in [0.2, 0.25) is 0 Å². The number of rotatable bonds is 10. The van der Waals surface area contributed by atoms with Crippen LogP contribution >= 0.6 is 0 Å². The molecule has 1 aromatic carbocycles. The van der Waals surface area contributed by atoms with Crippen molar-refractivity contribution in [3.05, 3.63) is 34.9 Å². The van der Waals surface area contributed by atoms with Crippen LogP contribution in [0.4, 0.5) is 0 Å². The monoisotopic (exact) mass is 396 g/mol. The van der Waals surface area contributed by atoms with E-state index in [1.165, 1.54) is 103 Å². The Hall–Kier alpha value is -0.780. The van der Waals surface area contributed by atoms with Gasteiger partial charge in [-0.05, 0) is 98.7 Å². The molecule has 0 spiro atoms. The average molecular weight is 397 g/mol. The number of hydrogen-bond donors (Lipinski definition) is 0. The van der Waals surface area contributed by atoms with E-state index < -0.39 is 0 Å². The highest BCUT2D eigenvalue weighted by molar-refractivity contribution is 5.35. The first kappa shape index (κ1) is 22.9. The summed E-state index contributed by atoms with van der Waals surface area (Å²) in [7, 11) is 0. The minimum absolute atomic E-state index is 0.833. The second kappa shape index (κ2) is 12.2. The van der Waals surface area contributed by atoms with Gasteiger partial charge >= 0.3 is 0 Å². The fourth-order valence-corrected chi connectivity index (χ4v) is 6.32. The summed E-state index contributed by atoms with van der Waals surface area (Å²) in [6.45, 7) is 7.04. The van der Waals surface area contributed by atoms with Crippen LogP contribution in [0.25, 0.3) is 0 Å². The van der Waals surface area contributed by atoms with Crippen LogP contribution in [0.3, 0.4) is 0 Å². The van der Waals surface area contributed by atoms with Crippen LogP contribution in [0.5, 0.6) is 0 Å². The van der Waals surface area contributed by atoms with Gasteiger partial charge in [0, 0.05) is 0 Å². The lowest BCUT2D eigenvalue weighted by molar-refractivity contribution is 0.300. The van der Waals surface area contributed by atoms with Gasteiger partial charge in [-0.15, -0.1) is 0 Å². The fraction of sp³-hybridized carbons (Fsp3) is 0.793. The van der Waals surface area contributed by atoms with E-state index in [0.717, 1.165) is 23.7 Å². The third-order valence-electron chi connectivity index (χ3n) is 8.33. The summed E-state index contributed by atoms with van der Waals surface area (Å²) in [5.74, 6) is 3.70. The number of aryl methyl sites for hydroxylation is 1. The summed E-state index contributed by atoms with van der Waals surface area (Å²) < 4.78 is 0. The highest BCUT2D eigenvalue weighted by Crippen LogP contribution is 2.41. The largest absolute Gasteiger partial charge is 0.0654 e. The maximum Gasteiger partial charge on any atom is -0.0159 e. The third kappa shape index (κ3) is 6.86. The van der Waals surface area contributed by atoms with E-state index >= 15 is 0 Å². The Morgan fingerprint density at radius 1 is 0.655 bits per heavy atom. The molecule has 0 heteroatoms. The Balaban J connectivity index is 1.47. The summed E-state index contributed by atoms with van der Waals surface area (Å²) in [6, 6.07) is 7.61. The van der Waals surface area contributed by atoms with Crippen LogP contribution in [0, 0.1) is 18.8 Å². The minimum atomic E-state index is 0.833. The summed E-state index contributed by atoms with van der Waals surface area (Å²) >= 11 is 0. The summed E-state index contributed by atoms with van der Waals surface area (Å²) in [6.07, 6.45) is 23.1. The number of unbranched alkanes of at least 4 members (excludes halogenated alkanes) is 4. The number of hydrogen-bond acceptors (Lipinski definition) is 0. The average Bonchev–Trinajstić information content (AvgIpc) is 2.75. The van der Waals surface area contributed by atoms with Crippen LogP contribution in [0.15, 0.2) is 18.2 Å². The molecule has 0 amide bonds. The molecule has 0 heterocycles. The maximum atomic E-state index is 2.57. The molecule has 0 N–H and O–H groups in total. The second-order valence-corrected chi connectivity index (χ2v) is 10.5. The van der Waals surface area contributed by atoms with E-state index in [1.807, 2.05) is 0 Å². The van der Waals surface area contributed by atoms with Crippen molar-refractivity contribution < 1.29 is 0 Å². The molecule has 0 nitrogen and oxygen atoms in total. The van der Waals surface area contributed by atoms with Gasteiger partial charge in [-0.3, -0.25) is 0 Å². The Kier molecular flexibility index (Phi) is 9.60. The molecular formula is C29H48. The van der Waals surface area contributed by atoms with E-state index in [4.69, 9.17) is 0 Å². The molecule has 0 aromatic heterocycles. The van der Waals surface area contributed by atoms with E-state index in [9.17, 15) is 0 Å². The van der Waals surface area contributed by atoms with Gasteiger partial charge in [0.05, 0.1) is 0 Å². The zero-order valence-electron chi connectivity index (χ0n) is 19.9. The van der Waals surface area contributed by atoms with Crippen molar-refractivity contribution in [3.8, 4) is 0 Å². The Morgan fingerprint density at radius 3 is 1.66 bits per heavy atom. The van der Waals surface area contributed by atoms with Gasteiger partial charge in [0.25, 0.3) is 0 Å². The maximum absolute atomic E-state index is 2.57. The van der Waals surface area contributed by atoms with Gasteiger partial charge in [0.1, 0.15) is 0 Å². The molecular weight excluding hydrogens is 348 g/mol. The zero-order chi connectivity index (χ0) is 20.5. The quantitative estimate of drug-likeness (QED) is 0.345. The molecule has 0 radical (unpaired) electrons. The first-order valence-corrected chi connectivity index (χ1v) is 13.3. The molecule has 0 atom stereocenters. The first-order valence-electron chi connectivity index (χ1n) is 13.3. The summed E-state index contributed by atoms with van der Waals surface area (Å²) in [5.41, 5.74) is 4.91. The SMILES string of the molecule is CCCCCC1CCC(c2ccc(C3CCC(CCCCC)CC3)c(C)c2)CC1. The summed E-state index contributed by atoms with van der Waals surface area (Å²) in [4.78, 5) is 0. The predicted molar refractivity (Wildman–Crippen MR) is 129 cm³/mol. The number of benzene rings is 1. The molecule has 0 bridgehead atoms. The van der Waals surface area contributed by atoms with Crippen molar-refractivity contribution in [3.63, 3.8) is 0 Å². The van der Waals surface area contributed by atoms with Gasteiger partial charge in [-0.2, -0.15) is 0 Å². The van der Waals surface area contributed by atoms with Gasteiger partial charge in [-0.25, -0.2) is 0 Å². The Morgan fingerprint density at radius 2 is 1.17 bits per heavy atom. The highest BCUT2D eigenvalue weighted by atomic mass is 14.3. The van der Waals surface area contributed by atoms with Crippen molar-refractivity contribution in [2.24, 2.45) is 11.8 Å². The Bertz CT molecular complexity index is 570. The highest BCUT2D eigenvalue weighted by Gasteiger charge is 2.25. The predicted octanol–water partition coefficient (Wildman–Crippen LogP) is 9.70. The van der Waals surface area contributed by atoms with Crippen LogP contribution in [-0.4, -0.2) is 0 Å². The van der Waals surface area contributed by atoms with Crippen LogP contribution in [-0.2, 0) is 0 Å². The molecule has 3 rings (SSSR count). The van der Waals surface area contributed by atoms with Crippen molar-refractivity contribution in [2.45, 2.75) is 135 Å². The van der Waals surface area contributed by atoms with Crippen molar-refractivity contribution in [2.75, 3.05) is 0 Å². The molecule has 1 aromatic rings. The lowest BCUT2D eigenvalue weighted by atomic mass is 9.74. The molecule has 29 heavy (non-hydrogen) atoms. The molecule has 2 aliphatic carbocycles. The van der Waals surface area contributed by atoms with Crippen LogP contribution < -0.4 is 0 Å². The van der Waals surface area contributed by atoms with E-state index in [2.05, 4.69) is 39.0 Å². The minimum Gasteiger partial charge on any atom is -0.0654 e. The van der Waals surface area contributed by atoms with Gasteiger partial charge in [-0.1, -0.05) is 83.4 Å². The van der Waals surface area contributed by atoms with Gasteiger partial charge < -0.3 is 0 Å². The van der Waals surface area contributed by atoms with Gasteiger partial charge in [0.15, 0.2) is 0 Å². The molecule has 2 saturated carbocycles. The van der Waals surface area contributed by atoms with Crippen molar-refractivity contribution in [1.29, 1.82) is 0 Å². The smallest absolute Gasteiger partial charge is 0.0159 e. The molecule has 0 saturated heterocycles. The molecule has 2 aliphatic rings. The van der Waals surface area contributed by atoms with Crippen molar-refractivity contribution in [1.82, 2.24) is 0 Å². The zero-order valence-corrected chi connectivity index (χ0v) is 19.9. The van der Waals surface area contributed by atoms with E-state index in [0.29, 0.717) is 0 Å². The van der Waals surface area contributed by atoms with E-state index in [-0.39, 0.29) is 0 Å². The lowest BCUT2D eigenvalue weighted by Crippen LogP contribution is -2.15. The lowest BCUT2D eigenvalue weighted by Gasteiger charge is -2.31. The third-order valence-corrected chi connectivity index (χ3v) is 8.33. The van der Waals surface area contributed by atoms with Crippen LogP contribution in [0.2, 0.25) is 0 Å². The second-order valence-electron chi connectivity index (χ2n) is 10.5. The molecule has 0 aliphatic heterocycles. The Labute approximate surface area is 182 Å². The first-order chi connectivity index (χ1) is 14.2. The standard InChI is InChI=1S/C29H48/c1-4-6-8-10-24-12-16-26(17-13-24)28-20-21-29(23(3)22-28)27-18-14-25(15-19-27)11-9-7-5-2/h20-22,24-27H,4-19H2,1-3H3. The van der Waals surface area contributed by atoms with Crippen LogP contribution in [0.1, 0.15) is 145 Å². The molecule has 164 valence electrons. The topological polar surface area (TPSA) is 0 Å². The fourth-order valence-electron chi connectivity index (χ4n) is 6.32. The van der Waals surface area contributed by atoms with E-state index in [1.54, 1.807) is 16.7 Å². The van der Waals surface area contributed by atoms with Crippen molar-refractivity contribution >= 4 is 0 Å². The molecule has 2 fully saturated rings. The normalized spacial score (nSPS) is 27.8.